The van der Waals surface area contributed by atoms with Gasteiger partial charge in [-0.05, 0) is 60.2 Å². The first-order valence-electron chi connectivity index (χ1n) is 9.27. The zero-order valence-electron chi connectivity index (χ0n) is 16.5. The Hall–Kier alpha value is -4.05. The number of halogens is 1. The molecule has 0 unspecified atom stereocenters. The molecule has 2 N–H and O–H groups in total. The van der Waals surface area contributed by atoms with Gasteiger partial charge in [-0.3, -0.25) is 19.7 Å². The summed E-state index contributed by atoms with van der Waals surface area (Å²) in [5.74, 6) is -0.263. The molecule has 32 heavy (non-hydrogen) atoms. The largest absolute Gasteiger partial charge is 0.484 e. The first kappa shape index (κ1) is 22.6. The standard InChI is InChI=1S/C22H17BrN4O5/c23-17-3-1-2-16(12-17)22(29)26-24-13-15-4-10-20(11-5-15)32-14-21(28)25-18-6-8-19(9-7-18)27(30)31/h1-13H,14H2,(H,25,28)(H,26,29)/b24-13+. The van der Waals surface area contributed by atoms with E-state index in [0.29, 0.717) is 17.0 Å². The number of nitrogens with zero attached hydrogens (tertiary/aromatic N) is 2. The number of ether oxygens (including phenoxy) is 1. The molecule has 9 nitrogen and oxygen atoms in total. The fourth-order valence-electron chi connectivity index (χ4n) is 2.52. The average molecular weight is 497 g/mol. The van der Waals surface area contributed by atoms with Crippen molar-refractivity contribution in [2.45, 2.75) is 0 Å². The molecule has 10 heteroatoms. The van der Waals surface area contributed by atoms with Gasteiger partial charge in [0.25, 0.3) is 17.5 Å². The maximum absolute atomic E-state index is 12.0. The number of nitro benzene ring substituents is 1. The van der Waals surface area contributed by atoms with Crippen molar-refractivity contribution in [3.63, 3.8) is 0 Å². The van der Waals surface area contributed by atoms with Gasteiger partial charge in [-0.1, -0.05) is 22.0 Å². The SMILES string of the molecule is O=C(COc1ccc(/C=N/NC(=O)c2cccc(Br)c2)cc1)Nc1ccc([N+](=O)[O-])cc1. The van der Waals surface area contributed by atoms with Gasteiger partial charge in [0.05, 0.1) is 11.1 Å². The van der Waals surface area contributed by atoms with E-state index < -0.39 is 10.8 Å². The average Bonchev–Trinajstić information content (AvgIpc) is 2.79. The number of carbonyl (C=O) groups is 2. The molecular weight excluding hydrogens is 480 g/mol. The molecule has 0 fully saturated rings. The smallest absolute Gasteiger partial charge is 0.271 e. The van der Waals surface area contributed by atoms with E-state index in [2.05, 4.69) is 31.8 Å². The van der Waals surface area contributed by atoms with Crippen LogP contribution >= 0.6 is 15.9 Å². The van der Waals surface area contributed by atoms with Gasteiger partial charge in [0.15, 0.2) is 6.61 Å². The van der Waals surface area contributed by atoms with Crippen molar-refractivity contribution in [1.29, 1.82) is 0 Å². The molecule has 0 atom stereocenters. The van der Waals surface area contributed by atoms with Crippen LogP contribution in [-0.4, -0.2) is 29.6 Å². The van der Waals surface area contributed by atoms with Gasteiger partial charge < -0.3 is 10.1 Å². The minimum absolute atomic E-state index is 0.0596. The molecule has 0 saturated heterocycles. The second-order valence-electron chi connectivity index (χ2n) is 6.42. The molecule has 0 aliphatic heterocycles. The van der Waals surface area contributed by atoms with Crippen LogP contribution in [0.1, 0.15) is 15.9 Å². The number of benzene rings is 3. The number of rotatable bonds is 8. The van der Waals surface area contributed by atoms with Gasteiger partial charge in [-0.15, -0.1) is 0 Å². The zero-order chi connectivity index (χ0) is 22.9. The van der Waals surface area contributed by atoms with Gasteiger partial charge in [0, 0.05) is 27.9 Å². The molecule has 0 spiro atoms. The summed E-state index contributed by atoms with van der Waals surface area (Å²) in [5.41, 5.74) is 4.03. The number of amides is 2. The summed E-state index contributed by atoms with van der Waals surface area (Å²) in [6, 6.07) is 19.2. The molecule has 0 aliphatic carbocycles. The fourth-order valence-corrected chi connectivity index (χ4v) is 2.92. The van der Waals surface area contributed by atoms with E-state index in [4.69, 9.17) is 4.74 Å². The number of carbonyl (C=O) groups excluding carboxylic acids is 2. The second kappa shape index (κ2) is 10.8. The minimum atomic E-state index is -0.514. The van der Waals surface area contributed by atoms with Crippen LogP contribution in [0.2, 0.25) is 0 Å². The Bertz CT molecular complexity index is 1150. The Kier molecular flexibility index (Phi) is 7.65. The third-order valence-electron chi connectivity index (χ3n) is 4.08. The maximum Gasteiger partial charge on any atom is 0.271 e. The summed E-state index contributed by atoms with van der Waals surface area (Å²) in [6.07, 6.45) is 1.49. The lowest BCUT2D eigenvalue weighted by molar-refractivity contribution is -0.384. The van der Waals surface area contributed by atoms with E-state index in [0.717, 1.165) is 10.0 Å². The quantitative estimate of drug-likeness (QED) is 0.275. The number of non-ortho nitro benzene ring substituents is 1. The molecule has 0 bridgehead atoms. The molecule has 3 aromatic rings. The lowest BCUT2D eigenvalue weighted by atomic mass is 10.2. The van der Waals surface area contributed by atoms with Crippen LogP contribution in [0.5, 0.6) is 5.75 Å². The number of nitro groups is 1. The van der Waals surface area contributed by atoms with Gasteiger partial charge in [-0.2, -0.15) is 5.10 Å². The van der Waals surface area contributed by atoms with Crippen LogP contribution in [-0.2, 0) is 4.79 Å². The van der Waals surface area contributed by atoms with Gasteiger partial charge in [-0.25, -0.2) is 5.43 Å². The lowest BCUT2D eigenvalue weighted by Gasteiger charge is -2.07. The van der Waals surface area contributed by atoms with Crippen LogP contribution in [0.3, 0.4) is 0 Å². The molecular formula is C22H17BrN4O5. The molecule has 0 saturated carbocycles. The Morgan fingerprint density at radius 2 is 1.78 bits per heavy atom. The highest BCUT2D eigenvalue weighted by atomic mass is 79.9. The van der Waals surface area contributed by atoms with Crippen LogP contribution in [0, 0.1) is 10.1 Å². The van der Waals surface area contributed by atoms with Crippen molar-refractivity contribution in [3.05, 3.63) is 98.5 Å². The fraction of sp³-hybridized carbons (Fsp3) is 0.0455. The van der Waals surface area contributed by atoms with Crippen LogP contribution in [0.25, 0.3) is 0 Å². The van der Waals surface area contributed by atoms with Crippen molar-refractivity contribution >= 4 is 45.3 Å². The Balaban J connectivity index is 1.45. The highest BCUT2D eigenvalue weighted by Gasteiger charge is 2.07. The summed E-state index contributed by atoms with van der Waals surface area (Å²) < 4.78 is 6.23. The molecule has 3 rings (SSSR count). The first-order valence-corrected chi connectivity index (χ1v) is 10.1. The van der Waals surface area contributed by atoms with Gasteiger partial charge >= 0.3 is 0 Å². The summed E-state index contributed by atoms with van der Waals surface area (Å²) in [6.45, 7) is -0.229. The molecule has 162 valence electrons. The van der Waals surface area contributed by atoms with E-state index in [1.54, 1.807) is 42.5 Å². The normalized spacial score (nSPS) is 10.5. The van der Waals surface area contributed by atoms with Crippen molar-refractivity contribution in [2.75, 3.05) is 11.9 Å². The highest BCUT2D eigenvalue weighted by Crippen LogP contribution is 2.16. The van der Waals surface area contributed by atoms with Crippen molar-refractivity contribution in [2.24, 2.45) is 5.10 Å². The summed E-state index contributed by atoms with van der Waals surface area (Å²) in [7, 11) is 0. The number of nitrogens with one attached hydrogen (secondary N) is 2. The van der Waals surface area contributed by atoms with E-state index >= 15 is 0 Å². The number of anilines is 1. The van der Waals surface area contributed by atoms with Crippen LogP contribution in [0.15, 0.2) is 82.4 Å². The topological polar surface area (TPSA) is 123 Å². The lowest BCUT2D eigenvalue weighted by Crippen LogP contribution is -2.20. The summed E-state index contributed by atoms with van der Waals surface area (Å²) in [5, 5.41) is 17.2. The number of hydrogen-bond acceptors (Lipinski definition) is 6. The van der Waals surface area contributed by atoms with Gasteiger partial charge in [0.2, 0.25) is 0 Å². The molecule has 3 aromatic carbocycles. The molecule has 0 heterocycles. The maximum atomic E-state index is 12.0. The summed E-state index contributed by atoms with van der Waals surface area (Å²) >= 11 is 3.31. The Labute approximate surface area is 191 Å². The van der Waals surface area contributed by atoms with Crippen molar-refractivity contribution in [1.82, 2.24) is 5.43 Å². The predicted molar refractivity (Wildman–Crippen MR) is 123 cm³/mol. The van der Waals surface area contributed by atoms with E-state index in [-0.39, 0.29) is 18.2 Å². The monoisotopic (exact) mass is 496 g/mol. The summed E-state index contributed by atoms with van der Waals surface area (Å²) in [4.78, 5) is 34.1. The molecule has 2 amide bonds. The van der Waals surface area contributed by atoms with E-state index in [1.165, 1.54) is 30.5 Å². The van der Waals surface area contributed by atoms with E-state index in [9.17, 15) is 19.7 Å². The van der Waals surface area contributed by atoms with Crippen LogP contribution < -0.4 is 15.5 Å². The number of hydrazone groups is 1. The predicted octanol–water partition coefficient (Wildman–Crippen LogP) is 4.14. The Morgan fingerprint density at radius 3 is 2.44 bits per heavy atom. The molecule has 0 aromatic heterocycles. The number of hydrogen-bond donors (Lipinski definition) is 2. The van der Waals surface area contributed by atoms with Gasteiger partial charge in [0.1, 0.15) is 5.75 Å². The highest BCUT2D eigenvalue weighted by molar-refractivity contribution is 9.10. The van der Waals surface area contributed by atoms with Crippen molar-refractivity contribution in [3.8, 4) is 5.75 Å². The Morgan fingerprint density at radius 1 is 1.06 bits per heavy atom. The van der Waals surface area contributed by atoms with Crippen molar-refractivity contribution < 1.29 is 19.2 Å². The zero-order valence-corrected chi connectivity index (χ0v) is 18.1. The molecule has 0 radical (unpaired) electrons. The second-order valence-corrected chi connectivity index (χ2v) is 7.34. The first-order chi connectivity index (χ1) is 15.4. The third kappa shape index (κ3) is 6.74. The molecule has 0 aliphatic rings. The minimum Gasteiger partial charge on any atom is -0.484 e. The van der Waals surface area contributed by atoms with E-state index in [1.807, 2.05) is 6.07 Å². The van der Waals surface area contributed by atoms with Crippen LogP contribution in [0.4, 0.5) is 11.4 Å². The third-order valence-corrected chi connectivity index (χ3v) is 4.57.